The van der Waals surface area contributed by atoms with Crippen LogP contribution in [0.4, 0.5) is 11.4 Å². The normalized spacial score (nSPS) is 12.0. The molecule has 52 heavy (non-hydrogen) atoms. The molecule has 0 bridgehead atoms. The highest BCUT2D eigenvalue weighted by Crippen LogP contribution is 2.42. The second-order valence-electron chi connectivity index (χ2n) is 15.3. The maximum absolute atomic E-state index is 13.0. The molecule has 0 radical (unpaired) electrons. The van der Waals surface area contributed by atoms with Gasteiger partial charge in [-0.1, -0.05) is 62.2 Å². The van der Waals surface area contributed by atoms with E-state index in [9.17, 15) is 4.79 Å². The van der Waals surface area contributed by atoms with Crippen molar-refractivity contribution in [2.24, 2.45) is 5.41 Å². The van der Waals surface area contributed by atoms with Gasteiger partial charge < -0.3 is 24.7 Å². The number of carbonyl (C=O) groups is 1. The average Bonchev–Trinajstić information content (AvgIpc) is 3.58. The van der Waals surface area contributed by atoms with Crippen molar-refractivity contribution in [2.75, 3.05) is 24.3 Å². The number of nitrogens with zero attached hydrogens (tertiary/aromatic N) is 3. The molecule has 0 aliphatic rings. The van der Waals surface area contributed by atoms with Crippen LogP contribution in [0, 0.1) is 19.3 Å². The van der Waals surface area contributed by atoms with Crippen LogP contribution in [0.2, 0.25) is 0 Å². The molecular formula is C45H49N5OS. The highest BCUT2D eigenvalue weighted by atomic mass is 32.1. The molecular weight excluding hydrogens is 659 g/mol. The molecule has 5 aromatic carbocycles. The summed E-state index contributed by atoms with van der Waals surface area (Å²) in [6.45, 7) is 16.2. The quantitative estimate of drug-likeness (QED) is 0.128. The van der Waals surface area contributed by atoms with E-state index in [1.165, 1.54) is 65.9 Å². The first kappa shape index (κ1) is 35.3. The Morgan fingerprint density at radius 3 is 1.60 bits per heavy atom. The zero-order valence-corrected chi connectivity index (χ0v) is 32.6. The number of anilines is 2. The molecule has 2 N–H and O–H groups in total. The number of aromatic nitrogens is 2. The molecule has 0 aliphatic heterocycles. The number of fused-ring (bicyclic) bond motifs is 6. The van der Waals surface area contributed by atoms with Gasteiger partial charge in [0.15, 0.2) is 5.11 Å². The van der Waals surface area contributed by atoms with Gasteiger partial charge in [-0.25, -0.2) is 0 Å². The van der Waals surface area contributed by atoms with Crippen LogP contribution in [-0.4, -0.2) is 34.2 Å². The van der Waals surface area contributed by atoms with Crippen molar-refractivity contribution in [1.82, 2.24) is 14.5 Å². The predicted octanol–water partition coefficient (Wildman–Crippen LogP) is 10.7. The Hall–Kier alpha value is -5.14. The summed E-state index contributed by atoms with van der Waals surface area (Å²) in [4.78, 5) is 15.1. The average molecular weight is 708 g/mol. The van der Waals surface area contributed by atoms with Gasteiger partial charge in [-0.2, -0.15) is 0 Å². The van der Waals surface area contributed by atoms with Gasteiger partial charge in [-0.3, -0.25) is 4.79 Å². The largest absolute Gasteiger partial charge is 0.378 e. The fourth-order valence-corrected chi connectivity index (χ4v) is 7.89. The van der Waals surface area contributed by atoms with Crippen LogP contribution in [0.5, 0.6) is 0 Å². The summed E-state index contributed by atoms with van der Waals surface area (Å²) in [5.41, 5.74) is 12.2. The van der Waals surface area contributed by atoms with Crippen molar-refractivity contribution in [1.29, 1.82) is 0 Å². The second kappa shape index (κ2) is 13.4. The van der Waals surface area contributed by atoms with Gasteiger partial charge in [0.05, 0.1) is 0 Å². The topological polar surface area (TPSA) is 54.2 Å². The maximum Gasteiger partial charge on any atom is 0.231 e. The summed E-state index contributed by atoms with van der Waals surface area (Å²) in [7, 11) is 4.07. The first-order valence-electron chi connectivity index (χ1n) is 18.3. The van der Waals surface area contributed by atoms with Crippen LogP contribution in [0.3, 0.4) is 0 Å². The molecule has 7 aromatic rings. The lowest BCUT2D eigenvalue weighted by Crippen LogP contribution is -2.41. The van der Waals surface area contributed by atoms with Crippen molar-refractivity contribution in [3.05, 3.63) is 119 Å². The summed E-state index contributed by atoms with van der Waals surface area (Å²) in [6.07, 6.45) is 0. The minimum Gasteiger partial charge on any atom is -0.378 e. The molecule has 266 valence electrons. The number of rotatable bonds is 7. The van der Waals surface area contributed by atoms with Gasteiger partial charge in [0.2, 0.25) is 5.91 Å². The van der Waals surface area contributed by atoms with Gasteiger partial charge in [0.1, 0.15) is 0 Å². The van der Waals surface area contributed by atoms with Crippen LogP contribution in [0.1, 0.15) is 68.4 Å². The van der Waals surface area contributed by atoms with Gasteiger partial charge >= 0.3 is 0 Å². The lowest BCUT2D eigenvalue weighted by Gasteiger charge is -2.26. The Bertz CT molecular complexity index is 2400. The molecule has 0 saturated heterocycles. The van der Waals surface area contributed by atoms with E-state index in [1.54, 1.807) is 0 Å². The smallest absolute Gasteiger partial charge is 0.231 e. The Morgan fingerprint density at radius 2 is 1.15 bits per heavy atom. The van der Waals surface area contributed by atoms with Crippen LogP contribution in [0.25, 0.3) is 43.6 Å². The number of hydrogen-bond donors (Lipinski definition) is 2. The third-order valence-corrected chi connectivity index (χ3v) is 10.6. The van der Waals surface area contributed by atoms with Gasteiger partial charge in [0, 0.05) is 93.5 Å². The van der Waals surface area contributed by atoms with Crippen molar-refractivity contribution in [3.63, 3.8) is 0 Å². The fourth-order valence-electron chi connectivity index (χ4n) is 7.69. The van der Waals surface area contributed by atoms with E-state index < -0.39 is 5.41 Å². The molecule has 0 atom stereocenters. The number of benzene rings is 5. The van der Waals surface area contributed by atoms with Crippen molar-refractivity contribution in [3.8, 4) is 0 Å². The molecule has 0 saturated carbocycles. The number of aryl methyl sites for hydroxylation is 4. The van der Waals surface area contributed by atoms with E-state index in [2.05, 4.69) is 143 Å². The van der Waals surface area contributed by atoms with E-state index in [-0.39, 0.29) is 16.9 Å². The van der Waals surface area contributed by atoms with Gasteiger partial charge in [-0.05, 0) is 117 Å². The standard InChI is InChI=1S/C45H49N5OS/c1-10-49-38-18-12-27(3)22-33(38)35-24-29(14-20-40(35)49)42(30-15-21-41-36(25-30)34-23-28(4)13-19-39(34)50(41)11-2)32-17-16-31(48(8)9)26-37(32)46-44(52)47-43(51)45(5,6)7/h12-26,42H,10-11H2,1-9H3,(H2,46,47,51,52). The highest BCUT2D eigenvalue weighted by Gasteiger charge is 2.26. The van der Waals surface area contributed by atoms with Crippen LogP contribution in [-0.2, 0) is 17.9 Å². The molecule has 0 fully saturated rings. The van der Waals surface area contributed by atoms with Crippen molar-refractivity contribution < 1.29 is 4.79 Å². The fraction of sp³-hybridized carbons (Fsp3) is 0.289. The summed E-state index contributed by atoms with van der Waals surface area (Å²) < 4.78 is 4.82. The van der Waals surface area contributed by atoms with E-state index in [1.807, 2.05) is 34.9 Å². The Kier molecular flexibility index (Phi) is 9.12. The van der Waals surface area contributed by atoms with Crippen LogP contribution < -0.4 is 15.5 Å². The van der Waals surface area contributed by atoms with E-state index in [4.69, 9.17) is 12.2 Å². The molecule has 0 aliphatic carbocycles. The Labute approximate surface area is 312 Å². The zero-order chi connectivity index (χ0) is 37.1. The number of amides is 1. The Morgan fingerprint density at radius 1 is 0.692 bits per heavy atom. The number of nitrogens with one attached hydrogen (secondary N) is 2. The predicted molar refractivity (Wildman–Crippen MR) is 225 cm³/mol. The third-order valence-electron chi connectivity index (χ3n) is 10.4. The molecule has 7 heteroatoms. The van der Waals surface area contributed by atoms with Crippen LogP contribution >= 0.6 is 12.2 Å². The Balaban J connectivity index is 1.49. The molecule has 7 rings (SSSR count). The van der Waals surface area contributed by atoms with Crippen LogP contribution in [0.15, 0.2) is 91.0 Å². The maximum atomic E-state index is 13.0. The van der Waals surface area contributed by atoms with E-state index >= 15 is 0 Å². The van der Waals surface area contributed by atoms with Crippen molar-refractivity contribution in [2.45, 2.75) is 67.5 Å². The lowest BCUT2D eigenvalue weighted by atomic mass is 9.83. The molecule has 0 spiro atoms. The third kappa shape index (κ3) is 6.21. The minimum absolute atomic E-state index is 0.131. The first-order chi connectivity index (χ1) is 24.8. The first-order valence-corrected chi connectivity index (χ1v) is 18.7. The molecule has 6 nitrogen and oxygen atoms in total. The van der Waals surface area contributed by atoms with Crippen molar-refractivity contribution >= 4 is 78.2 Å². The lowest BCUT2D eigenvalue weighted by molar-refractivity contribution is -0.126. The summed E-state index contributed by atoms with van der Waals surface area (Å²) in [5.74, 6) is -0.281. The highest BCUT2D eigenvalue weighted by molar-refractivity contribution is 7.80. The number of thiocarbonyl (C=S) groups is 1. The molecule has 2 aromatic heterocycles. The summed E-state index contributed by atoms with van der Waals surface area (Å²) >= 11 is 5.80. The SMILES string of the molecule is CCn1c2ccc(C)cc2c2cc(C(c3ccc4c(c3)c3cc(C)ccc3n4CC)c3ccc(N(C)C)cc3NC(=S)NC(=O)C(C)(C)C)ccc21. The summed E-state index contributed by atoms with van der Waals surface area (Å²) in [6, 6.07) is 34.0. The van der Waals surface area contributed by atoms with Gasteiger partial charge in [-0.15, -0.1) is 0 Å². The monoisotopic (exact) mass is 707 g/mol. The molecule has 2 heterocycles. The minimum atomic E-state index is -0.584. The number of hydrogen-bond acceptors (Lipinski definition) is 3. The number of carbonyl (C=O) groups excluding carboxylic acids is 1. The van der Waals surface area contributed by atoms with E-state index in [0.29, 0.717) is 0 Å². The molecule has 1 amide bonds. The van der Waals surface area contributed by atoms with E-state index in [0.717, 1.165) is 30.0 Å². The second-order valence-corrected chi connectivity index (χ2v) is 15.7. The zero-order valence-electron chi connectivity index (χ0n) is 31.8. The molecule has 0 unspecified atom stereocenters. The van der Waals surface area contributed by atoms with Gasteiger partial charge in [0.25, 0.3) is 0 Å². The summed E-state index contributed by atoms with van der Waals surface area (Å²) in [5, 5.41) is 11.7.